The molecule has 0 spiro atoms. The maximum atomic E-state index is 10.3. The second kappa shape index (κ2) is 2.67. The fourth-order valence-electron chi connectivity index (χ4n) is 1.04. The van der Waals surface area contributed by atoms with Gasteiger partial charge in [-0.15, -0.1) is 0 Å². The first-order chi connectivity index (χ1) is 4.74. The summed E-state index contributed by atoms with van der Waals surface area (Å²) < 4.78 is 0. The number of carboxylic acid groups (broad SMARTS) is 1. The highest BCUT2D eigenvalue weighted by molar-refractivity contribution is 5.73. The quantitative estimate of drug-likeness (QED) is 0.525. The predicted molar refractivity (Wildman–Crippen MR) is 33.2 cm³/mol. The average molecular weight is 140 g/mol. The minimum atomic E-state index is -0.863. The van der Waals surface area contributed by atoms with Gasteiger partial charge >= 0.3 is 5.97 Å². The van der Waals surface area contributed by atoms with E-state index in [2.05, 4.69) is 5.32 Å². The van der Waals surface area contributed by atoms with Gasteiger partial charge in [-0.3, -0.25) is 10.1 Å². The molecule has 2 atom stereocenters. The Labute approximate surface area is 58.5 Å². The van der Waals surface area contributed by atoms with Gasteiger partial charge in [0.15, 0.2) is 0 Å². The summed E-state index contributed by atoms with van der Waals surface area (Å²) in [5.41, 5.74) is 0. The lowest BCUT2D eigenvalue weighted by atomic mass is 10.2. The van der Waals surface area contributed by atoms with Gasteiger partial charge in [0.2, 0.25) is 0 Å². The molecule has 54 valence electrons. The molecule has 10 heavy (non-hydrogen) atoms. The van der Waals surface area contributed by atoms with Crippen LogP contribution >= 0.6 is 0 Å². The van der Waals surface area contributed by atoms with Crippen molar-refractivity contribution < 1.29 is 9.90 Å². The summed E-state index contributed by atoms with van der Waals surface area (Å²) >= 11 is 0. The van der Waals surface area contributed by atoms with Gasteiger partial charge in [-0.2, -0.15) is 5.26 Å². The van der Waals surface area contributed by atoms with E-state index in [-0.39, 0.29) is 6.04 Å². The minimum absolute atomic E-state index is 0.263. The van der Waals surface area contributed by atoms with Crippen molar-refractivity contribution in [2.75, 3.05) is 0 Å². The third-order valence-electron chi connectivity index (χ3n) is 1.60. The zero-order valence-corrected chi connectivity index (χ0v) is 5.37. The van der Waals surface area contributed by atoms with Crippen LogP contribution < -0.4 is 5.32 Å². The maximum Gasteiger partial charge on any atom is 0.320 e. The lowest BCUT2D eigenvalue weighted by Gasteiger charge is -2.02. The lowest BCUT2D eigenvalue weighted by molar-refractivity contribution is -0.139. The largest absolute Gasteiger partial charge is 0.480 e. The standard InChI is InChI=1S/C6H8N2O2/c7-3-4-1-2-5(8-4)6(9)10/h4-5,8H,1-2H2,(H,9,10)/t4-,5-/m0/s1. The molecule has 0 radical (unpaired) electrons. The van der Waals surface area contributed by atoms with Crippen LogP contribution in [-0.4, -0.2) is 23.2 Å². The van der Waals surface area contributed by atoms with E-state index in [9.17, 15) is 4.79 Å². The number of rotatable bonds is 1. The van der Waals surface area contributed by atoms with Crippen molar-refractivity contribution in [1.82, 2.24) is 5.32 Å². The van der Waals surface area contributed by atoms with Gasteiger partial charge in [-0.1, -0.05) is 0 Å². The van der Waals surface area contributed by atoms with Crippen LogP contribution in [0.4, 0.5) is 0 Å². The highest BCUT2D eigenvalue weighted by atomic mass is 16.4. The molecule has 1 heterocycles. The molecule has 1 saturated heterocycles. The van der Waals surface area contributed by atoms with Crippen molar-refractivity contribution >= 4 is 5.97 Å². The van der Waals surface area contributed by atoms with Gasteiger partial charge in [0.05, 0.1) is 12.1 Å². The molecule has 2 N–H and O–H groups in total. The Hall–Kier alpha value is -1.08. The van der Waals surface area contributed by atoms with Crippen LogP contribution in [0.3, 0.4) is 0 Å². The number of carbonyl (C=O) groups is 1. The van der Waals surface area contributed by atoms with Crippen LogP contribution in [0.2, 0.25) is 0 Å². The molecule has 0 unspecified atom stereocenters. The van der Waals surface area contributed by atoms with Crippen LogP contribution in [-0.2, 0) is 4.79 Å². The van der Waals surface area contributed by atoms with Crippen LogP contribution in [0.15, 0.2) is 0 Å². The van der Waals surface area contributed by atoms with Crippen LogP contribution in [0.25, 0.3) is 0 Å². The summed E-state index contributed by atoms with van der Waals surface area (Å²) in [7, 11) is 0. The normalized spacial score (nSPS) is 31.5. The van der Waals surface area contributed by atoms with Crippen molar-refractivity contribution in [1.29, 1.82) is 5.26 Å². The van der Waals surface area contributed by atoms with E-state index in [4.69, 9.17) is 10.4 Å². The summed E-state index contributed by atoms with van der Waals surface area (Å²) in [6.45, 7) is 0. The van der Waals surface area contributed by atoms with Gasteiger partial charge in [0.1, 0.15) is 6.04 Å². The fourth-order valence-corrected chi connectivity index (χ4v) is 1.04. The van der Waals surface area contributed by atoms with Crippen molar-refractivity contribution in [3.63, 3.8) is 0 Å². The van der Waals surface area contributed by atoms with Crippen molar-refractivity contribution in [3.05, 3.63) is 0 Å². The number of nitrogens with one attached hydrogen (secondary N) is 1. The van der Waals surface area contributed by atoms with E-state index in [1.165, 1.54) is 0 Å². The second-order valence-corrected chi connectivity index (χ2v) is 2.32. The Balaban J connectivity index is 2.45. The number of hydrogen-bond acceptors (Lipinski definition) is 3. The summed E-state index contributed by atoms with van der Waals surface area (Å²) in [5.74, 6) is -0.863. The number of nitriles is 1. The van der Waals surface area contributed by atoms with Gasteiger partial charge in [0.25, 0.3) is 0 Å². The summed E-state index contributed by atoms with van der Waals surface area (Å²) in [5, 5.41) is 19.5. The molecule has 1 aliphatic rings. The fraction of sp³-hybridized carbons (Fsp3) is 0.667. The topological polar surface area (TPSA) is 73.1 Å². The third-order valence-corrected chi connectivity index (χ3v) is 1.60. The average Bonchev–Trinajstić information content (AvgIpc) is 2.34. The third kappa shape index (κ3) is 1.25. The Morgan fingerprint density at radius 2 is 2.40 bits per heavy atom. The lowest BCUT2D eigenvalue weighted by Crippen LogP contribution is -2.34. The Bertz CT molecular complexity index is 185. The summed E-state index contributed by atoms with van der Waals surface area (Å²) in [6.07, 6.45) is 1.21. The minimum Gasteiger partial charge on any atom is -0.480 e. The Morgan fingerprint density at radius 3 is 2.70 bits per heavy atom. The van der Waals surface area contributed by atoms with Crippen molar-refractivity contribution in [2.24, 2.45) is 0 Å². The number of nitrogens with zero attached hydrogens (tertiary/aromatic N) is 1. The molecule has 0 bridgehead atoms. The molecule has 0 aromatic rings. The predicted octanol–water partition coefficient (Wildman–Crippen LogP) is -0.285. The molecule has 1 fully saturated rings. The zero-order chi connectivity index (χ0) is 7.56. The van der Waals surface area contributed by atoms with E-state index in [1.807, 2.05) is 6.07 Å². The van der Waals surface area contributed by atoms with Crippen molar-refractivity contribution in [2.45, 2.75) is 24.9 Å². The smallest absolute Gasteiger partial charge is 0.320 e. The van der Waals surface area contributed by atoms with E-state index in [0.717, 1.165) is 0 Å². The molecular weight excluding hydrogens is 132 g/mol. The zero-order valence-electron chi connectivity index (χ0n) is 5.37. The molecule has 0 amide bonds. The van der Waals surface area contributed by atoms with E-state index < -0.39 is 12.0 Å². The number of aliphatic carboxylic acids is 1. The maximum absolute atomic E-state index is 10.3. The summed E-state index contributed by atoms with van der Waals surface area (Å²) in [6, 6.07) is 1.20. The molecule has 1 rings (SSSR count). The van der Waals surface area contributed by atoms with Crippen molar-refractivity contribution in [3.8, 4) is 6.07 Å². The molecular formula is C6H8N2O2. The number of hydrogen-bond donors (Lipinski definition) is 2. The van der Waals surface area contributed by atoms with Gasteiger partial charge in [0, 0.05) is 0 Å². The van der Waals surface area contributed by atoms with Crippen LogP contribution in [0, 0.1) is 11.3 Å². The van der Waals surface area contributed by atoms with E-state index in [1.54, 1.807) is 0 Å². The van der Waals surface area contributed by atoms with E-state index >= 15 is 0 Å². The SMILES string of the molecule is N#C[C@@H]1CC[C@@H](C(=O)O)N1. The molecule has 1 aliphatic heterocycles. The second-order valence-electron chi connectivity index (χ2n) is 2.32. The molecule has 0 saturated carbocycles. The molecule has 0 aromatic heterocycles. The van der Waals surface area contributed by atoms with Crippen LogP contribution in [0.5, 0.6) is 0 Å². The Morgan fingerprint density at radius 1 is 1.70 bits per heavy atom. The number of carboxylic acids is 1. The monoisotopic (exact) mass is 140 g/mol. The molecule has 0 aliphatic carbocycles. The van der Waals surface area contributed by atoms with Gasteiger partial charge < -0.3 is 5.11 Å². The molecule has 0 aromatic carbocycles. The Kier molecular flexibility index (Phi) is 1.88. The first-order valence-corrected chi connectivity index (χ1v) is 3.12. The molecule has 4 nitrogen and oxygen atoms in total. The van der Waals surface area contributed by atoms with Crippen LogP contribution in [0.1, 0.15) is 12.8 Å². The molecule has 4 heteroatoms. The highest BCUT2D eigenvalue weighted by Gasteiger charge is 2.28. The van der Waals surface area contributed by atoms with Gasteiger partial charge in [-0.05, 0) is 12.8 Å². The summed E-state index contributed by atoms with van der Waals surface area (Å²) in [4.78, 5) is 10.3. The first-order valence-electron chi connectivity index (χ1n) is 3.12. The van der Waals surface area contributed by atoms with E-state index in [0.29, 0.717) is 12.8 Å². The highest BCUT2D eigenvalue weighted by Crippen LogP contribution is 2.10. The van der Waals surface area contributed by atoms with Gasteiger partial charge in [-0.25, -0.2) is 0 Å². The first kappa shape index (κ1) is 7.03.